The van der Waals surface area contributed by atoms with Crippen LogP contribution in [-0.4, -0.2) is 24.0 Å². The minimum Gasteiger partial charge on any atom is -0.353 e. The predicted molar refractivity (Wildman–Crippen MR) is 83.6 cm³/mol. The van der Waals surface area contributed by atoms with Crippen molar-refractivity contribution in [3.63, 3.8) is 0 Å². The van der Waals surface area contributed by atoms with Gasteiger partial charge in [0.25, 0.3) is 0 Å². The third kappa shape index (κ3) is 3.41. The lowest BCUT2D eigenvalue weighted by atomic mass is 9.99. The molecule has 0 spiro atoms. The number of hydrogen-bond donors (Lipinski definition) is 2. The lowest BCUT2D eigenvalue weighted by Crippen LogP contribution is -2.48. The zero-order chi connectivity index (χ0) is 13.9. The van der Waals surface area contributed by atoms with E-state index in [-0.39, 0.29) is 5.91 Å². The fourth-order valence-electron chi connectivity index (χ4n) is 3.42. The highest BCUT2D eigenvalue weighted by Gasteiger charge is 2.33. The molecule has 2 atom stereocenters. The zero-order valence-electron chi connectivity index (χ0n) is 11.6. The van der Waals surface area contributed by atoms with Crippen LogP contribution in [0.25, 0.3) is 0 Å². The highest BCUT2D eigenvalue weighted by atomic mass is 79.9. The molecule has 4 heteroatoms. The fraction of sp³-hybridized carbons (Fsp3) is 0.562. The number of fused-ring (bicyclic) bond motifs is 2. The van der Waals surface area contributed by atoms with E-state index in [0.29, 0.717) is 24.5 Å². The summed E-state index contributed by atoms with van der Waals surface area (Å²) in [6.45, 7) is 0. The van der Waals surface area contributed by atoms with Crippen molar-refractivity contribution in [3.05, 3.63) is 34.3 Å². The van der Waals surface area contributed by atoms with Gasteiger partial charge in [-0.05, 0) is 43.7 Å². The maximum atomic E-state index is 12.1. The van der Waals surface area contributed by atoms with E-state index >= 15 is 0 Å². The van der Waals surface area contributed by atoms with E-state index < -0.39 is 0 Å². The Balaban J connectivity index is 1.47. The Labute approximate surface area is 128 Å². The Bertz CT molecular complexity index is 479. The summed E-state index contributed by atoms with van der Waals surface area (Å²) in [5.74, 6) is 0.187. The number of hydrogen-bond acceptors (Lipinski definition) is 2. The summed E-state index contributed by atoms with van der Waals surface area (Å²) in [5.41, 5.74) is 1.20. The van der Waals surface area contributed by atoms with Crippen LogP contribution in [0.2, 0.25) is 0 Å². The monoisotopic (exact) mass is 336 g/mol. The van der Waals surface area contributed by atoms with Crippen LogP contribution in [0, 0.1) is 0 Å². The topological polar surface area (TPSA) is 41.1 Å². The number of rotatable bonds is 4. The quantitative estimate of drug-likeness (QED) is 0.887. The van der Waals surface area contributed by atoms with Gasteiger partial charge >= 0.3 is 0 Å². The van der Waals surface area contributed by atoms with E-state index in [9.17, 15) is 4.79 Å². The molecule has 2 aliphatic heterocycles. The summed E-state index contributed by atoms with van der Waals surface area (Å²) < 4.78 is 1.09. The summed E-state index contributed by atoms with van der Waals surface area (Å²) in [5, 5.41) is 6.82. The largest absolute Gasteiger partial charge is 0.353 e. The average molecular weight is 337 g/mol. The van der Waals surface area contributed by atoms with E-state index in [1.807, 2.05) is 18.2 Å². The highest BCUT2D eigenvalue weighted by molar-refractivity contribution is 9.10. The van der Waals surface area contributed by atoms with E-state index in [0.717, 1.165) is 23.7 Å². The van der Waals surface area contributed by atoms with Crippen molar-refractivity contribution in [3.8, 4) is 0 Å². The normalized spacial score (nSPS) is 28.4. The first-order valence-corrected chi connectivity index (χ1v) is 8.29. The molecule has 2 bridgehead atoms. The molecule has 1 amide bonds. The third-order valence-electron chi connectivity index (χ3n) is 4.42. The zero-order valence-corrected chi connectivity index (χ0v) is 13.2. The second kappa shape index (κ2) is 6.27. The molecule has 20 heavy (non-hydrogen) atoms. The van der Waals surface area contributed by atoms with Crippen LogP contribution < -0.4 is 10.6 Å². The first kappa shape index (κ1) is 14.1. The van der Waals surface area contributed by atoms with Gasteiger partial charge < -0.3 is 10.6 Å². The molecular formula is C16H21BrN2O. The molecule has 2 heterocycles. The summed E-state index contributed by atoms with van der Waals surface area (Å²) in [6, 6.07) is 9.74. The summed E-state index contributed by atoms with van der Waals surface area (Å²) in [7, 11) is 0. The first-order valence-electron chi connectivity index (χ1n) is 7.49. The van der Waals surface area contributed by atoms with Gasteiger partial charge in [-0.15, -0.1) is 0 Å². The molecule has 2 N–H and O–H groups in total. The number of amides is 1. The van der Waals surface area contributed by atoms with Crippen LogP contribution in [0.3, 0.4) is 0 Å². The van der Waals surface area contributed by atoms with Crippen molar-refractivity contribution in [2.24, 2.45) is 0 Å². The van der Waals surface area contributed by atoms with Gasteiger partial charge in [-0.25, -0.2) is 0 Å². The molecule has 2 saturated heterocycles. The number of carbonyl (C=O) groups excluding carboxylic acids is 1. The smallest absolute Gasteiger partial charge is 0.220 e. The summed E-state index contributed by atoms with van der Waals surface area (Å²) in [4.78, 5) is 12.1. The molecule has 0 saturated carbocycles. The Morgan fingerprint density at radius 2 is 1.95 bits per heavy atom. The van der Waals surface area contributed by atoms with Crippen LogP contribution in [0.4, 0.5) is 0 Å². The van der Waals surface area contributed by atoms with Gasteiger partial charge in [0.15, 0.2) is 0 Å². The van der Waals surface area contributed by atoms with E-state index in [4.69, 9.17) is 0 Å². The lowest BCUT2D eigenvalue weighted by molar-refractivity contribution is -0.122. The third-order valence-corrected chi connectivity index (χ3v) is 5.19. The minimum atomic E-state index is 0.187. The molecule has 2 fully saturated rings. The van der Waals surface area contributed by atoms with Gasteiger partial charge in [-0.2, -0.15) is 0 Å². The van der Waals surface area contributed by atoms with Crippen molar-refractivity contribution >= 4 is 21.8 Å². The molecule has 2 aliphatic rings. The van der Waals surface area contributed by atoms with E-state index in [1.54, 1.807) is 0 Å². The number of benzene rings is 1. The number of carbonyl (C=O) groups is 1. The molecule has 0 radical (unpaired) electrons. The molecule has 3 rings (SSSR count). The molecule has 3 nitrogen and oxygen atoms in total. The fourth-order valence-corrected chi connectivity index (χ4v) is 3.91. The van der Waals surface area contributed by atoms with Gasteiger partial charge in [0.1, 0.15) is 0 Å². The Kier molecular flexibility index (Phi) is 4.41. The summed E-state index contributed by atoms with van der Waals surface area (Å²) >= 11 is 3.53. The molecule has 1 aromatic carbocycles. The van der Waals surface area contributed by atoms with Crippen LogP contribution in [0.15, 0.2) is 28.7 Å². The molecule has 1 aromatic rings. The van der Waals surface area contributed by atoms with Gasteiger partial charge in [0.05, 0.1) is 0 Å². The van der Waals surface area contributed by atoms with E-state index in [2.05, 4.69) is 32.6 Å². The molecular weight excluding hydrogens is 316 g/mol. The van der Waals surface area contributed by atoms with Crippen molar-refractivity contribution in [1.29, 1.82) is 0 Å². The highest BCUT2D eigenvalue weighted by Crippen LogP contribution is 2.26. The summed E-state index contributed by atoms with van der Waals surface area (Å²) in [6.07, 6.45) is 6.10. The number of nitrogens with one attached hydrogen (secondary N) is 2. The standard InChI is InChI=1S/C16H21BrN2O/c17-15-4-2-1-3-11(15)5-8-16(20)19-14-9-12-6-7-13(10-14)18-12/h1-4,12-14,18H,5-10H2,(H,19,20). The van der Waals surface area contributed by atoms with Crippen LogP contribution in [0.5, 0.6) is 0 Å². The van der Waals surface area contributed by atoms with Crippen molar-refractivity contribution in [1.82, 2.24) is 10.6 Å². The predicted octanol–water partition coefficient (Wildman–Crippen LogP) is 2.78. The minimum absolute atomic E-state index is 0.187. The van der Waals surface area contributed by atoms with Gasteiger partial charge in [0.2, 0.25) is 5.91 Å². The van der Waals surface area contributed by atoms with Crippen LogP contribution in [-0.2, 0) is 11.2 Å². The van der Waals surface area contributed by atoms with E-state index in [1.165, 1.54) is 18.4 Å². The lowest BCUT2D eigenvalue weighted by Gasteiger charge is -2.29. The Morgan fingerprint density at radius 1 is 1.25 bits per heavy atom. The maximum absolute atomic E-state index is 12.1. The molecule has 2 unspecified atom stereocenters. The SMILES string of the molecule is O=C(CCc1ccccc1Br)NC1CC2CCC(C1)N2. The Hall–Kier alpha value is -0.870. The first-order chi connectivity index (χ1) is 9.70. The van der Waals surface area contributed by atoms with Gasteiger partial charge in [0, 0.05) is 29.0 Å². The maximum Gasteiger partial charge on any atom is 0.220 e. The van der Waals surface area contributed by atoms with Crippen LogP contribution in [0.1, 0.15) is 37.7 Å². The van der Waals surface area contributed by atoms with Crippen molar-refractivity contribution in [2.45, 2.75) is 56.7 Å². The second-order valence-corrected chi connectivity index (χ2v) is 6.82. The van der Waals surface area contributed by atoms with Crippen LogP contribution >= 0.6 is 15.9 Å². The number of piperidine rings is 1. The van der Waals surface area contributed by atoms with Gasteiger partial charge in [-0.1, -0.05) is 34.1 Å². The molecule has 0 aliphatic carbocycles. The van der Waals surface area contributed by atoms with Gasteiger partial charge in [-0.3, -0.25) is 4.79 Å². The van der Waals surface area contributed by atoms with Crippen molar-refractivity contribution in [2.75, 3.05) is 0 Å². The number of aryl methyl sites for hydroxylation is 1. The average Bonchev–Trinajstić information content (AvgIpc) is 2.77. The Morgan fingerprint density at radius 3 is 2.65 bits per heavy atom. The molecule has 0 aromatic heterocycles. The second-order valence-electron chi connectivity index (χ2n) is 5.97. The number of halogens is 1. The van der Waals surface area contributed by atoms with Crippen molar-refractivity contribution < 1.29 is 4.79 Å². The molecule has 108 valence electrons.